The van der Waals surface area contributed by atoms with Crippen molar-refractivity contribution in [1.82, 2.24) is 20.7 Å². The van der Waals surface area contributed by atoms with Crippen LogP contribution in [0, 0.1) is 0 Å². The minimum absolute atomic E-state index is 0.00848. The fourth-order valence-corrected chi connectivity index (χ4v) is 4.12. The predicted octanol–water partition coefficient (Wildman–Crippen LogP) is -0.457. The Morgan fingerprint density at radius 1 is 1.17 bits per heavy atom. The number of nitrogens with zero attached hydrogens (tertiary/aromatic N) is 3. The third-order valence-corrected chi connectivity index (χ3v) is 5.81. The van der Waals surface area contributed by atoms with E-state index in [1.54, 1.807) is 30.3 Å². The Bertz CT molecular complexity index is 1040. The first-order chi connectivity index (χ1) is 16.7. The Morgan fingerprint density at radius 2 is 1.89 bits per heavy atom. The van der Waals surface area contributed by atoms with Gasteiger partial charge >= 0.3 is 5.97 Å². The summed E-state index contributed by atoms with van der Waals surface area (Å²) < 4.78 is 0. The Kier molecular flexibility index (Phi) is 8.29. The van der Waals surface area contributed by atoms with Crippen LogP contribution in [0.1, 0.15) is 42.5 Å². The molecule has 0 aliphatic carbocycles. The molecule has 0 saturated carbocycles. The van der Waals surface area contributed by atoms with E-state index in [1.165, 1.54) is 18.3 Å². The van der Waals surface area contributed by atoms with Crippen molar-refractivity contribution < 1.29 is 33.9 Å². The van der Waals surface area contributed by atoms with Gasteiger partial charge in [-0.05, 0) is 31.4 Å². The van der Waals surface area contributed by atoms with Crippen molar-refractivity contribution in [1.29, 1.82) is 0 Å². The highest BCUT2D eigenvalue weighted by atomic mass is 16.4. The molecule has 0 bridgehead atoms. The molecule has 12 nitrogen and oxygen atoms in total. The number of hydrogen-bond acceptors (Lipinski definition) is 7. The second-order valence-corrected chi connectivity index (χ2v) is 8.24. The molecule has 2 saturated heterocycles. The molecule has 12 heteroatoms. The van der Waals surface area contributed by atoms with E-state index in [2.05, 4.69) is 15.6 Å². The molecule has 35 heavy (non-hydrogen) atoms. The van der Waals surface area contributed by atoms with E-state index in [-0.39, 0.29) is 31.7 Å². The summed E-state index contributed by atoms with van der Waals surface area (Å²) in [5.74, 6) is -4.82. The van der Waals surface area contributed by atoms with Crippen LogP contribution in [0.15, 0.2) is 35.3 Å². The molecule has 186 valence electrons. The molecule has 1 aromatic carbocycles. The number of benzene rings is 1. The van der Waals surface area contributed by atoms with Crippen LogP contribution in [-0.2, 0) is 24.0 Å². The molecule has 4 amide bonds. The average molecular weight is 485 g/mol. The number of amides is 4. The first kappa shape index (κ1) is 25.5. The predicted molar refractivity (Wildman–Crippen MR) is 122 cm³/mol. The van der Waals surface area contributed by atoms with Gasteiger partial charge in [0.15, 0.2) is 0 Å². The summed E-state index contributed by atoms with van der Waals surface area (Å²) in [5.41, 5.74) is 0.352. The first-order valence-electron chi connectivity index (χ1n) is 11.2. The smallest absolute Gasteiger partial charge is 0.372 e. The number of nitrogens with one attached hydrogen (secondary N) is 2. The van der Waals surface area contributed by atoms with E-state index in [1.807, 2.05) is 0 Å². The fraction of sp³-hybridized carbons (Fsp3) is 0.435. The largest absolute Gasteiger partial charge is 0.475 e. The van der Waals surface area contributed by atoms with Crippen molar-refractivity contribution in [2.75, 3.05) is 13.6 Å². The number of hydrazine groups is 1. The molecule has 2 aliphatic rings. The van der Waals surface area contributed by atoms with Crippen LogP contribution in [0.3, 0.4) is 0 Å². The lowest BCUT2D eigenvalue weighted by molar-refractivity contribution is -0.176. The second-order valence-electron chi connectivity index (χ2n) is 8.24. The monoisotopic (exact) mass is 485 g/mol. The molecule has 1 aromatic rings. The van der Waals surface area contributed by atoms with E-state index >= 15 is 0 Å². The number of fused-ring (bicyclic) bond motifs is 1. The van der Waals surface area contributed by atoms with Crippen molar-refractivity contribution in [2.45, 2.75) is 50.2 Å². The van der Waals surface area contributed by atoms with Crippen LogP contribution in [0.25, 0.3) is 0 Å². The van der Waals surface area contributed by atoms with E-state index < -0.39 is 54.0 Å². The minimum Gasteiger partial charge on any atom is -0.475 e. The van der Waals surface area contributed by atoms with Gasteiger partial charge in [0.2, 0.25) is 17.6 Å². The van der Waals surface area contributed by atoms with Gasteiger partial charge in [0, 0.05) is 38.2 Å². The highest BCUT2D eigenvalue weighted by Gasteiger charge is 2.44. The summed E-state index contributed by atoms with van der Waals surface area (Å²) in [6.45, 7) is 0.241. The molecule has 3 rings (SSSR count). The molecule has 0 aromatic heterocycles. The SMILES string of the molecule is CN=C[C@H](CC(=O)C(=O)O)NC(=O)[C@@H]1CCCN2C(=O)CCC(NC(=O)c3ccccc3)C(=O)N12. The highest BCUT2D eigenvalue weighted by Crippen LogP contribution is 2.25. The number of ketones is 1. The van der Waals surface area contributed by atoms with Crippen LogP contribution >= 0.6 is 0 Å². The number of Topliss-reactive ketones (excluding diaryl/α,β-unsaturated/α-hetero) is 1. The number of aliphatic carboxylic acids is 1. The summed E-state index contributed by atoms with van der Waals surface area (Å²) in [6, 6.07) is 5.21. The molecule has 1 unspecified atom stereocenters. The molecule has 0 spiro atoms. The third-order valence-electron chi connectivity index (χ3n) is 5.81. The Labute approximate surface area is 201 Å². The van der Waals surface area contributed by atoms with Gasteiger partial charge in [-0.25, -0.2) is 9.80 Å². The molecular formula is C23H27N5O7. The van der Waals surface area contributed by atoms with Crippen molar-refractivity contribution in [3.63, 3.8) is 0 Å². The van der Waals surface area contributed by atoms with E-state index in [9.17, 15) is 28.8 Å². The van der Waals surface area contributed by atoms with Crippen molar-refractivity contribution in [3.05, 3.63) is 35.9 Å². The van der Waals surface area contributed by atoms with E-state index in [4.69, 9.17) is 5.11 Å². The molecule has 3 atom stereocenters. The summed E-state index contributed by atoms with van der Waals surface area (Å²) >= 11 is 0. The number of carboxylic acid groups (broad SMARTS) is 1. The molecule has 2 fully saturated rings. The van der Waals surface area contributed by atoms with Gasteiger partial charge in [-0.3, -0.25) is 34.0 Å². The number of carbonyl (C=O) groups is 6. The average Bonchev–Trinajstić information content (AvgIpc) is 2.96. The molecule has 0 radical (unpaired) electrons. The lowest BCUT2D eigenvalue weighted by Gasteiger charge is -2.43. The zero-order chi connectivity index (χ0) is 25.5. The van der Waals surface area contributed by atoms with Crippen LogP contribution in [-0.4, -0.2) is 88.4 Å². The Hall–Kier alpha value is -4.09. The van der Waals surface area contributed by atoms with E-state index in [0.29, 0.717) is 12.0 Å². The van der Waals surface area contributed by atoms with Crippen LogP contribution in [0.4, 0.5) is 0 Å². The topological polar surface area (TPSA) is 166 Å². The highest BCUT2D eigenvalue weighted by molar-refractivity contribution is 6.33. The molecular weight excluding hydrogens is 458 g/mol. The standard InChI is InChI=1S/C23H27N5O7/c1-24-13-15(12-18(29)23(34)35)25-21(32)17-8-5-11-27-19(30)10-9-16(22(33)28(17)27)26-20(31)14-6-3-2-4-7-14/h2-4,6-7,13,15-17H,5,8-12H2,1H3,(H,25,32)(H,26,31)(H,34,35)/t15-,16?,17-/m0/s1. The zero-order valence-electron chi connectivity index (χ0n) is 19.2. The van der Waals surface area contributed by atoms with Crippen LogP contribution in [0.2, 0.25) is 0 Å². The van der Waals surface area contributed by atoms with Crippen LogP contribution < -0.4 is 10.6 Å². The van der Waals surface area contributed by atoms with Gasteiger partial charge in [-0.15, -0.1) is 0 Å². The normalized spacial score (nSPS) is 21.2. The zero-order valence-corrected chi connectivity index (χ0v) is 19.2. The fourth-order valence-electron chi connectivity index (χ4n) is 4.12. The Morgan fingerprint density at radius 3 is 2.54 bits per heavy atom. The quantitative estimate of drug-likeness (QED) is 0.331. The maximum atomic E-state index is 13.5. The Balaban J connectivity index is 1.80. The summed E-state index contributed by atoms with van der Waals surface area (Å²) in [7, 11) is 1.41. The van der Waals surface area contributed by atoms with Crippen LogP contribution in [0.5, 0.6) is 0 Å². The van der Waals surface area contributed by atoms with Gasteiger partial charge in [-0.1, -0.05) is 18.2 Å². The number of aliphatic imine (C=N–C) groups is 1. The summed E-state index contributed by atoms with van der Waals surface area (Å²) in [6.07, 6.45) is 1.50. The molecule has 3 N–H and O–H groups in total. The molecule has 2 heterocycles. The second kappa shape index (κ2) is 11.4. The van der Waals surface area contributed by atoms with Gasteiger partial charge in [0.25, 0.3) is 11.8 Å². The van der Waals surface area contributed by atoms with Crippen molar-refractivity contribution in [2.24, 2.45) is 4.99 Å². The number of hydrogen-bond donors (Lipinski definition) is 3. The van der Waals surface area contributed by atoms with Crippen molar-refractivity contribution in [3.8, 4) is 0 Å². The number of rotatable bonds is 8. The number of carboxylic acids is 1. The maximum Gasteiger partial charge on any atom is 0.372 e. The van der Waals surface area contributed by atoms with Gasteiger partial charge in [-0.2, -0.15) is 0 Å². The van der Waals surface area contributed by atoms with E-state index in [0.717, 1.165) is 5.01 Å². The first-order valence-corrected chi connectivity index (χ1v) is 11.2. The molecule has 2 aliphatic heterocycles. The maximum absolute atomic E-state index is 13.5. The van der Waals surface area contributed by atoms with Gasteiger partial charge in [0.05, 0.1) is 6.04 Å². The van der Waals surface area contributed by atoms with Crippen molar-refractivity contribution >= 4 is 41.6 Å². The number of carbonyl (C=O) groups excluding carboxylic acids is 5. The minimum atomic E-state index is -1.64. The van der Waals surface area contributed by atoms with Gasteiger partial charge < -0.3 is 15.7 Å². The third kappa shape index (κ3) is 6.08. The lowest BCUT2D eigenvalue weighted by atomic mass is 10.0. The van der Waals surface area contributed by atoms with Gasteiger partial charge in [0.1, 0.15) is 12.1 Å². The summed E-state index contributed by atoms with van der Waals surface area (Å²) in [4.78, 5) is 78.4. The lowest BCUT2D eigenvalue weighted by Crippen LogP contribution is -2.64. The summed E-state index contributed by atoms with van der Waals surface area (Å²) in [5, 5.41) is 16.4.